The van der Waals surface area contributed by atoms with Gasteiger partial charge < -0.3 is 19.5 Å². The zero-order valence-corrected chi connectivity index (χ0v) is 17.9. The average Bonchev–Trinajstić information content (AvgIpc) is 3.29. The molecular formula is C23H35NO4. The Balaban J connectivity index is 1.91. The van der Waals surface area contributed by atoms with Crippen LogP contribution in [0.3, 0.4) is 0 Å². The number of amides is 1. The normalized spacial score (nSPS) is 26.7. The fourth-order valence-corrected chi connectivity index (χ4v) is 4.65. The van der Waals surface area contributed by atoms with Gasteiger partial charge >= 0.3 is 0 Å². The number of ether oxygens (including phenoxy) is 2. The van der Waals surface area contributed by atoms with Crippen molar-refractivity contribution in [2.45, 2.75) is 71.5 Å². The van der Waals surface area contributed by atoms with Crippen LogP contribution in [-0.4, -0.2) is 48.3 Å². The van der Waals surface area contributed by atoms with Crippen molar-refractivity contribution in [3.8, 4) is 11.5 Å². The summed E-state index contributed by atoms with van der Waals surface area (Å²) in [4.78, 5) is 14.5. The number of carbonyl (C=O) groups excluding carboxylic acids is 1. The van der Waals surface area contributed by atoms with Crippen LogP contribution in [-0.2, 0) is 4.79 Å². The van der Waals surface area contributed by atoms with Crippen LogP contribution in [0.5, 0.6) is 11.5 Å². The first-order valence-corrected chi connectivity index (χ1v) is 10.6. The molecule has 1 aromatic carbocycles. The van der Waals surface area contributed by atoms with Gasteiger partial charge in [0.2, 0.25) is 5.91 Å². The first-order valence-electron chi connectivity index (χ1n) is 10.6. The molecule has 156 valence electrons. The third kappa shape index (κ3) is 4.00. The van der Waals surface area contributed by atoms with Gasteiger partial charge in [0.25, 0.3) is 0 Å². The van der Waals surface area contributed by atoms with E-state index in [1.165, 1.54) is 12.8 Å². The molecule has 3 atom stereocenters. The first-order chi connectivity index (χ1) is 13.3. The number of rotatable bonds is 6. The Hall–Kier alpha value is -1.75. The van der Waals surface area contributed by atoms with Crippen LogP contribution in [0.25, 0.3) is 0 Å². The van der Waals surface area contributed by atoms with Crippen molar-refractivity contribution in [2.75, 3.05) is 20.2 Å². The van der Waals surface area contributed by atoms with E-state index < -0.39 is 11.5 Å². The van der Waals surface area contributed by atoms with Crippen molar-refractivity contribution < 1.29 is 19.4 Å². The Kier molecular flexibility index (Phi) is 6.23. The molecule has 1 N–H and O–H groups in total. The molecule has 28 heavy (non-hydrogen) atoms. The van der Waals surface area contributed by atoms with Crippen LogP contribution in [0.1, 0.15) is 64.9 Å². The van der Waals surface area contributed by atoms with Gasteiger partial charge in [-0.1, -0.05) is 26.8 Å². The molecule has 0 aromatic heterocycles. The highest BCUT2D eigenvalue weighted by molar-refractivity contribution is 5.78. The van der Waals surface area contributed by atoms with Crippen molar-refractivity contribution in [3.63, 3.8) is 0 Å². The van der Waals surface area contributed by atoms with Gasteiger partial charge in [0.15, 0.2) is 11.5 Å². The lowest BCUT2D eigenvalue weighted by Crippen LogP contribution is -2.39. The maximum Gasteiger partial charge on any atom is 0.225 e. The number of aliphatic hydroxyl groups excluding tert-OH is 1. The van der Waals surface area contributed by atoms with Crippen molar-refractivity contribution in [1.82, 2.24) is 4.90 Å². The molecule has 5 heteroatoms. The number of benzene rings is 1. The van der Waals surface area contributed by atoms with Crippen LogP contribution in [0.2, 0.25) is 0 Å². The maximum atomic E-state index is 12.6. The number of carbonyl (C=O) groups is 1. The summed E-state index contributed by atoms with van der Waals surface area (Å²) in [5, 5.41) is 10.6. The van der Waals surface area contributed by atoms with Gasteiger partial charge in [0.05, 0.1) is 19.3 Å². The number of methoxy groups -OCH3 is 1. The van der Waals surface area contributed by atoms with E-state index in [0.717, 1.165) is 29.9 Å². The first kappa shape index (κ1) is 21.0. The molecule has 1 aromatic rings. The minimum Gasteiger partial charge on any atom is -0.493 e. The number of nitrogens with zero attached hydrogens (tertiary/aromatic N) is 1. The molecule has 2 aliphatic rings. The van der Waals surface area contributed by atoms with Crippen LogP contribution >= 0.6 is 0 Å². The summed E-state index contributed by atoms with van der Waals surface area (Å²) >= 11 is 0. The molecule has 1 saturated heterocycles. The molecule has 0 radical (unpaired) electrons. The summed E-state index contributed by atoms with van der Waals surface area (Å²) < 4.78 is 11.8. The predicted octanol–water partition coefficient (Wildman–Crippen LogP) is 3.99. The second-order valence-electron chi connectivity index (χ2n) is 9.04. The largest absolute Gasteiger partial charge is 0.493 e. The average molecular weight is 390 g/mol. The Bertz CT molecular complexity index is 696. The van der Waals surface area contributed by atoms with E-state index >= 15 is 0 Å². The Morgan fingerprint density at radius 1 is 1.21 bits per heavy atom. The third-order valence-electron chi connectivity index (χ3n) is 6.68. The van der Waals surface area contributed by atoms with E-state index in [1.54, 1.807) is 7.11 Å². The van der Waals surface area contributed by atoms with Crippen molar-refractivity contribution in [3.05, 3.63) is 23.8 Å². The monoisotopic (exact) mass is 389 g/mol. The lowest BCUT2D eigenvalue weighted by Gasteiger charge is -2.34. The van der Waals surface area contributed by atoms with Gasteiger partial charge in [-0.25, -0.2) is 0 Å². The van der Waals surface area contributed by atoms with E-state index in [9.17, 15) is 9.90 Å². The van der Waals surface area contributed by atoms with E-state index in [0.29, 0.717) is 13.1 Å². The molecular weight excluding hydrogens is 354 g/mol. The zero-order valence-electron chi connectivity index (χ0n) is 17.9. The number of aliphatic hydroxyl groups is 1. The summed E-state index contributed by atoms with van der Waals surface area (Å²) in [7, 11) is 1.66. The summed E-state index contributed by atoms with van der Waals surface area (Å²) in [6.07, 6.45) is 4.31. The van der Waals surface area contributed by atoms with Crippen molar-refractivity contribution in [2.24, 2.45) is 11.3 Å². The van der Waals surface area contributed by atoms with Gasteiger partial charge in [-0.3, -0.25) is 4.79 Å². The van der Waals surface area contributed by atoms with Crippen LogP contribution in [0.15, 0.2) is 18.2 Å². The molecule has 1 heterocycles. The van der Waals surface area contributed by atoms with Crippen LogP contribution in [0, 0.1) is 11.3 Å². The summed E-state index contributed by atoms with van der Waals surface area (Å²) in [6, 6.07) is 6.07. The zero-order chi connectivity index (χ0) is 20.5. The quantitative estimate of drug-likeness (QED) is 0.799. The summed E-state index contributed by atoms with van der Waals surface area (Å²) in [5.74, 6) is 1.66. The predicted molar refractivity (Wildman–Crippen MR) is 110 cm³/mol. The highest BCUT2D eigenvalue weighted by Gasteiger charge is 2.48. The smallest absolute Gasteiger partial charge is 0.225 e. The maximum absolute atomic E-state index is 12.6. The lowest BCUT2D eigenvalue weighted by molar-refractivity contribution is -0.134. The highest BCUT2D eigenvalue weighted by Crippen LogP contribution is 2.47. The Morgan fingerprint density at radius 2 is 1.89 bits per heavy atom. The molecule has 0 bridgehead atoms. The Morgan fingerprint density at radius 3 is 2.46 bits per heavy atom. The molecule has 3 rings (SSSR count). The highest BCUT2D eigenvalue weighted by atomic mass is 16.5. The van der Waals surface area contributed by atoms with Gasteiger partial charge in [-0.05, 0) is 50.3 Å². The van der Waals surface area contributed by atoms with Gasteiger partial charge in [-0.15, -0.1) is 0 Å². The summed E-state index contributed by atoms with van der Waals surface area (Å²) in [6.45, 7) is 8.95. The fraction of sp³-hybridized carbons (Fsp3) is 0.696. The van der Waals surface area contributed by atoms with Gasteiger partial charge in [0.1, 0.15) is 0 Å². The summed E-state index contributed by atoms with van der Waals surface area (Å²) in [5.41, 5.74) is 0.695. The van der Waals surface area contributed by atoms with E-state index in [2.05, 4.69) is 19.1 Å². The van der Waals surface area contributed by atoms with E-state index in [4.69, 9.17) is 9.47 Å². The molecule has 1 amide bonds. The second kappa shape index (κ2) is 8.32. The SMILES string of the molecule is COc1ccc([C@@H]2CN(C(=O)C(C)C)C[C@@]2(C)[C@@H](C)O)cc1OC1CCCC1. The topological polar surface area (TPSA) is 59.0 Å². The number of hydrogen-bond donors (Lipinski definition) is 1. The van der Waals surface area contributed by atoms with Crippen molar-refractivity contribution >= 4 is 5.91 Å². The van der Waals surface area contributed by atoms with Gasteiger partial charge in [0, 0.05) is 30.3 Å². The van der Waals surface area contributed by atoms with Crippen LogP contribution in [0.4, 0.5) is 0 Å². The Labute approximate surface area is 169 Å². The van der Waals surface area contributed by atoms with Crippen LogP contribution < -0.4 is 9.47 Å². The molecule has 0 spiro atoms. The van der Waals surface area contributed by atoms with Crippen molar-refractivity contribution in [1.29, 1.82) is 0 Å². The molecule has 1 aliphatic heterocycles. The minimum atomic E-state index is -0.524. The lowest BCUT2D eigenvalue weighted by atomic mass is 9.72. The van der Waals surface area contributed by atoms with Gasteiger partial charge in [-0.2, -0.15) is 0 Å². The van der Waals surface area contributed by atoms with E-state index in [1.807, 2.05) is 31.7 Å². The number of likely N-dealkylation sites (tertiary alicyclic amines) is 1. The second-order valence-corrected chi connectivity index (χ2v) is 9.04. The fourth-order valence-electron chi connectivity index (χ4n) is 4.65. The number of hydrogen-bond acceptors (Lipinski definition) is 4. The molecule has 5 nitrogen and oxygen atoms in total. The molecule has 2 fully saturated rings. The third-order valence-corrected chi connectivity index (χ3v) is 6.68. The molecule has 1 aliphatic carbocycles. The molecule has 1 saturated carbocycles. The van der Waals surface area contributed by atoms with E-state index in [-0.39, 0.29) is 23.8 Å². The minimum absolute atomic E-state index is 0.0471. The molecule has 0 unspecified atom stereocenters. The standard InChI is InChI=1S/C23H35NO4/c1-15(2)22(26)24-13-19(23(4,14-24)16(3)25)17-10-11-20(27-5)21(12-17)28-18-8-6-7-9-18/h10-12,15-16,18-19,25H,6-9,13-14H2,1-5H3/t16-,19+,23+/m1/s1.